The average Bonchev–Trinajstić information content (AvgIpc) is 2.99. The van der Waals surface area contributed by atoms with Gasteiger partial charge in [-0.25, -0.2) is 13.8 Å². The molecule has 0 aliphatic rings. The number of fused-ring (bicyclic) bond motifs is 1. The van der Waals surface area contributed by atoms with Gasteiger partial charge in [-0.05, 0) is 30.7 Å². The van der Waals surface area contributed by atoms with Crippen LogP contribution in [-0.2, 0) is 0 Å². The number of nitrogens with zero attached hydrogens (tertiary/aromatic N) is 2. The number of hydrogen-bond acceptors (Lipinski definition) is 4. The monoisotopic (exact) mass is 360 g/mol. The highest BCUT2D eigenvalue weighted by Gasteiger charge is 2.23. The summed E-state index contributed by atoms with van der Waals surface area (Å²) in [6.45, 7) is 2.40. The van der Waals surface area contributed by atoms with Gasteiger partial charge < -0.3 is 15.8 Å². The van der Waals surface area contributed by atoms with Crippen molar-refractivity contribution in [2.75, 3.05) is 19.4 Å². The number of benzene rings is 1. The number of pyridine rings is 1. The van der Waals surface area contributed by atoms with Crippen LogP contribution in [0.15, 0.2) is 30.5 Å². The molecule has 3 aromatic rings. The van der Waals surface area contributed by atoms with E-state index in [-0.39, 0.29) is 34.0 Å². The van der Waals surface area contributed by atoms with Gasteiger partial charge in [-0.2, -0.15) is 0 Å². The lowest BCUT2D eigenvalue weighted by Crippen LogP contribution is -2.25. The van der Waals surface area contributed by atoms with Crippen LogP contribution in [0.25, 0.3) is 16.8 Å². The topological polar surface area (TPSA) is 81.6 Å². The lowest BCUT2D eigenvalue weighted by Gasteiger charge is -2.11. The summed E-state index contributed by atoms with van der Waals surface area (Å²) >= 11 is 0. The van der Waals surface area contributed by atoms with Crippen molar-refractivity contribution in [2.24, 2.45) is 0 Å². The molecular weight excluding hydrogens is 342 g/mol. The van der Waals surface area contributed by atoms with E-state index in [4.69, 9.17) is 10.5 Å². The van der Waals surface area contributed by atoms with Gasteiger partial charge >= 0.3 is 0 Å². The molecule has 0 unspecified atom stereocenters. The highest BCUT2D eigenvalue weighted by atomic mass is 19.2. The summed E-state index contributed by atoms with van der Waals surface area (Å²) in [4.78, 5) is 16.5. The van der Waals surface area contributed by atoms with E-state index in [1.54, 1.807) is 18.3 Å². The SMILES string of the molecule is CCCNC(=O)c1nc2c(-c3c(OC)ccc(F)c3F)cccn2c1N. The van der Waals surface area contributed by atoms with Gasteiger partial charge in [-0.15, -0.1) is 0 Å². The van der Waals surface area contributed by atoms with E-state index in [0.717, 1.165) is 12.5 Å². The summed E-state index contributed by atoms with van der Waals surface area (Å²) in [5, 5.41) is 2.70. The molecule has 0 radical (unpaired) electrons. The van der Waals surface area contributed by atoms with Gasteiger partial charge in [0.05, 0.1) is 12.7 Å². The Balaban J connectivity index is 2.24. The molecule has 6 nitrogen and oxygen atoms in total. The number of aromatic nitrogens is 2. The predicted octanol–water partition coefficient (Wildman–Crippen LogP) is 3.01. The van der Waals surface area contributed by atoms with E-state index in [0.29, 0.717) is 6.54 Å². The number of imidazole rings is 1. The number of carbonyl (C=O) groups is 1. The average molecular weight is 360 g/mol. The molecular formula is C18H18F2N4O2. The zero-order valence-electron chi connectivity index (χ0n) is 14.3. The number of nitrogens with two attached hydrogens (primary N) is 1. The number of ether oxygens (including phenoxy) is 1. The lowest BCUT2D eigenvalue weighted by atomic mass is 10.0. The van der Waals surface area contributed by atoms with Crippen molar-refractivity contribution in [3.05, 3.63) is 47.8 Å². The van der Waals surface area contributed by atoms with E-state index in [1.807, 2.05) is 6.92 Å². The molecule has 0 saturated carbocycles. The minimum atomic E-state index is -1.06. The van der Waals surface area contributed by atoms with Gasteiger partial charge in [0.2, 0.25) is 0 Å². The number of amides is 1. The zero-order valence-corrected chi connectivity index (χ0v) is 14.3. The highest BCUT2D eigenvalue weighted by molar-refractivity contribution is 5.99. The van der Waals surface area contributed by atoms with Gasteiger partial charge in [0, 0.05) is 18.3 Å². The second kappa shape index (κ2) is 6.99. The normalized spacial score (nSPS) is 10.9. The minimum Gasteiger partial charge on any atom is -0.496 e. The van der Waals surface area contributed by atoms with Crippen LogP contribution in [0.5, 0.6) is 5.75 Å². The van der Waals surface area contributed by atoms with E-state index >= 15 is 0 Å². The molecule has 0 atom stereocenters. The first-order valence-corrected chi connectivity index (χ1v) is 8.06. The molecule has 1 aromatic carbocycles. The van der Waals surface area contributed by atoms with E-state index < -0.39 is 17.5 Å². The number of rotatable bonds is 5. The number of carbonyl (C=O) groups excluding carboxylic acids is 1. The second-order valence-electron chi connectivity index (χ2n) is 5.66. The Morgan fingerprint density at radius 1 is 1.35 bits per heavy atom. The maximum atomic E-state index is 14.5. The van der Waals surface area contributed by atoms with Crippen LogP contribution in [-0.4, -0.2) is 28.9 Å². The maximum absolute atomic E-state index is 14.5. The van der Waals surface area contributed by atoms with Gasteiger partial charge in [0.15, 0.2) is 17.3 Å². The van der Waals surface area contributed by atoms with Crippen molar-refractivity contribution in [2.45, 2.75) is 13.3 Å². The Labute approximate surface area is 148 Å². The Bertz CT molecular complexity index is 985. The van der Waals surface area contributed by atoms with Crippen molar-refractivity contribution in [3.8, 4) is 16.9 Å². The summed E-state index contributed by atoms with van der Waals surface area (Å²) in [5.74, 6) is -2.23. The number of methoxy groups -OCH3 is 1. The van der Waals surface area contributed by atoms with E-state index in [1.165, 1.54) is 17.6 Å². The third-order valence-corrected chi connectivity index (χ3v) is 3.98. The smallest absolute Gasteiger partial charge is 0.273 e. The zero-order chi connectivity index (χ0) is 18.8. The number of nitrogens with one attached hydrogen (secondary N) is 1. The third kappa shape index (κ3) is 2.83. The molecule has 136 valence electrons. The van der Waals surface area contributed by atoms with Crippen LogP contribution in [0, 0.1) is 11.6 Å². The summed E-state index contributed by atoms with van der Waals surface area (Å²) in [7, 11) is 1.36. The third-order valence-electron chi connectivity index (χ3n) is 3.98. The summed E-state index contributed by atoms with van der Waals surface area (Å²) in [6.07, 6.45) is 2.36. The van der Waals surface area contributed by atoms with Crippen molar-refractivity contribution >= 4 is 17.4 Å². The fourth-order valence-corrected chi connectivity index (χ4v) is 2.72. The Morgan fingerprint density at radius 2 is 2.12 bits per heavy atom. The van der Waals surface area contributed by atoms with Gasteiger partial charge in [0.1, 0.15) is 17.2 Å². The fraction of sp³-hybridized carbons (Fsp3) is 0.222. The van der Waals surface area contributed by atoms with Gasteiger partial charge in [0.25, 0.3) is 5.91 Å². The van der Waals surface area contributed by atoms with Crippen LogP contribution in [0.4, 0.5) is 14.6 Å². The maximum Gasteiger partial charge on any atom is 0.273 e. The molecule has 26 heavy (non-hydrogen) atoms. The number of halogens is 2. The van der Waals surface area contributed by atoms with Crippen LogP contribution in [0.1, 0.15) is 23.8 Å². The lowest BCUT2D eigenvalue weighted by molar-refractivity contribution is 0.0950. The van der Waals surface area contributed by atoms with E-state index in [9.17, 15) is 13.6 Å². The molecule has 0 aliphatic heterocycles. The molecule has 8 heteroatoms. The Kier molecular flexibility index (Phi) is 4.75. The summed E-state index contributed by atoms with van der Waals surface area (Å²) < 4.78 is 34.9. The quantitative estimate of drug-likeness (QED) is 0.733. The molecule has 0 aliphatic carbocycles. The van der Waals surface area contributed by atoms with Crippen molar-refractivity contribution < 1.29 is 18.3 Å². The van der Waals surface area contributed by atoms with Crippen molar-refractivity contribution in [1.82, 2.24) is 14.7 Å². The van der Waals surface area contributed by atoms with Crippen LogP contribution >= 0.6 is 0 Å². The molecule has 0 fully saturated rings. The first-order chi connectivity index (χ1) is 12.5. The van der Waals surface area contributed by atoms with Crippen LogP contribution < -0.4 is 15.8 Å². The molecule has 2 aromatic heterocycles. The minimum absolute atomic E-state index is 0.0293. The standard InChI is InChI=1S/C18H18F2N4O2/c1-3-8-22-18(25)15-16(21)24-9-4-5-10(17(24)23-15)13-12(26-2)7-6-11(19)14(13)20/h4-7,9H,3,8,21H2,1-2H3,(H,22,25). The van der Waals surface area contributed by atoms with Crippen LogP contribution in [0.2, 0.25) is 0 Å². The number of hydrogen-bond donors (Lipinski definition) is 2. The van der Waals surface area contributed by atoms with E-state index in [2.05, 4.69) is 10.3 Å². The molecule has 0 saturated heterocycles. The highest BCUT2D eigenvalue weighted by Crippen LogP contribution is 2.36. The molecule has 3 rings (SSSR count). The Morgan fingerprint density at radius 3 is 2.81 bits per heavy atom. The largest absolute Gasteiger partial charge is 0.496 e. The molecule has 0 bridgehead atoms. The molecule has 3 N–H and O–H groups in total. The predicted molar refractivity (Wildman–Crippen MR) is 94.1 cm³/mol. The van der Waals surface area contributed by atoms with Gasteiger partial charge in [-0.1, -0.05) is 6.92 Å². The first-order valence-electron chi connectivity index (χ1n) is 8.06. The first kappa shape index (κ1) is 17.7. The van der Waals surface area contributed by atoms with Crippen molar-refractivity contribution in [3.63, 3.8) is 0 Å². The van der Waals surface area contributed by atoms with Crippen molar-refractivity contribution in [1.29, 1.82) is 0 Å². The summed E-state index contributed by atoms with van der Waals surface area (Å²) in [6, 6.07) is 5.49. The summed E-state index contributed by atoms with van der Waals surface area (Å²) in [5.41, 5.74) is 6.48. The van der Waals surface area contributed by atoms with Crippen LogP contribution in [0.3, 0.4) is 0 Å². The fourth-order valence-electron chi connectivity index (χ4n) is 2.72. The molecule has 2 heterocycles. The number of nitrogen functional groups attached to an aromatic ring is 1. The second-order valence-corrected chi connectivity index (χ2v) is 5.66. The van der Waals surface area contributed by atoms with Gasteiger partial charge in [-0.3, -0.25) is 9.20 Å². The Hall–Kier alpha value is -3.16. The molecule has 1 amide bonds. The molecule has 0 spiro atoms. The number of anilines is 1.